The van der Waals surface area contributed by atoms with E-state index in [1.807, 2.05) is 23.3 Å². The van der Waals surface area contributed by atoms with E-state index in [-0.39, 0.29) is 11.2 Å². The summed E-state index contributed by atoms with van der Waals surface area (Å²) in [6.45, 7) is 6.23. The van der Waals surface area contributed by atoms with Crippen molar-refractivity contribution < 1.29 is 4.79 Å². The largest absolute Gasteiger partial charge is 0.384 e. The molecule has 1 unspecified atom stereocenters. The number of thiophene rings is 2. The molecule has 0 spiro atoms. The Labute approximate surface area is 208 Å². The fourth-order valence-electron chi connectivity index (χ4n) is 5.68. The first-order valence-corrected chi connectivity index (χ1v) is 13.5. The molecule has 0 radical (unpaired) electrons. The second kappa shape index (κ2) is 8.41. The second-order valence-electron chi connectivity index (χ2n) is 10.3. The van der Waals surface area contributed by atoms with Gasteiger partial charge in [0, 0.05) is 27.4 Å². The van der Waals surface area contributed by atoms with Crippen LogP contribution in [-0.4, -0.2) is 5.78 Å². The van der Waals surface area contributed by atoms with Crippen molar-refractivity contribution in [3.05, 3.63) is 60.6 Å². The van der Waals surface area contributed by atoms with Crippen molar-refractivity contribution >= 4 is 33.5 Å². The van der Waals surface area contributed by atoms with Crippen LogP contribution in [-0.2, 0) is 17.6 Å². The number of nitrogens with zero attached hydrogens (tertiary/aromatic N) is 3. The van der Waals surface area contributed by atoms with Crippen molar-refractivity contribution in [2.24, 2.45) is 11.1 Å². The third-order valence-electron chi connectivity index (χ3n) is 7.26. The third-order valence-corrected chi connectivity index (χ3v) is 9.62. The molecular weight excluding hydrogens is 460 g/mol. The van der Waals surface area contributed by atoms with E-state index >= 15 is 0 Å². The first-order chi connectivity index (χ1) is 16.3. The molecule has 0 saturated carbocycles. The molecule has 5 nitrogen and oxygen atoms in total. The normalized spacial score (nSPS) is 22.1. The van der Waals surface area contributed by atoms with Crippen LogP contribution in [0.3, 0.4) is 0 Å². The number of hydrogen-bond donors (Lipinski definition) is 1. The smallest absolute Gasteiger partial charge is 0.162 e. The van der Waals surface area contributed by atoms with Crippen LogP contribution in [0.1, 0.15) is 78.3 Å². The Balaban J connectivity index is 1.79. The standard InChI is InChI=1S/C27H28N4OS2/c1-15-9-10-33-24(15)22-18(14-29)25(30)31(19-11-27(2,3)12-20(32)23(19)22)26-17(13-28)16-7-5-4-6-8-21(16)34-26/h9-10,22H,4-8,11-12,30H2,1-3H3. The molecule has 5 rings (SSSR count). The van der Waals surface area contributed by atoms with Gasteiger partial charge in [-0.05, 0) is 67.0 Å². The quantitative estimate of drug-likeness (QED) is 0.508. The van der Waals surface area contributed by atoms with Crippen LogP contribution in [0, 0.1) is 35.0 Å². The lowest BCUT2D eigenvalue weighted by atomic mass is 9.69. The van der Waals surface area contributed by atoms with Crippen molar-refractivity contribution in [3.8, 4) is 12.1 Å². The summed E-state index contributed by atoms with van der Waals surface area (Å²) in [5, 5.41) is 23.3. The van der Waals surface area contributed by atoms with Gasteiger partial charge >= 0.3 is 0 Å². The molecule has 0 aromatic carbocycles. The average molecular weight is 489 g/mol. The van der Waals surface area contributed by atoms with E-state index in [1.54, 1.807) is 22.7 Å². The predicted molar refractivity (Wildman–Crippen MR) is 136 cm³/mol. The summed E-state index contributed by atoms with van der Waals surface area (Å²) in [5.41, 5.74) is 11.4. The molecule has 0 saturated heterocycles. The zero-order chi connectivity index (χ0) is 24.2. The Morgan fingerprint density at radius 3 is 2.59 bits per heavy atom. The van der Waals surface area contributed by atoms with E-state index in [0.717, 1.165) is 52.4 Å². The van der Waals surface area contributed by atoms with Crippen molar-refractivity contribution in [2.75, 3.05) is 4.90 Å². The highest BCUT2D eigenvalue weighted by molar-refractivity contribution is 7.16. The van der Waals surface area contributed by atoms with Crippen molar-refractivity contribution in [3.63, 3.8) is 0 Å². The molecule has 2 aliphatic carbocycles. The molecule has 1 aliphatic heterocycles. The first kappa shape index (κ1) is 22.9. The van der Waals surface area contributed by atoms with Gasteiger partial charge in [-0.3, -0.25) is 9.69 Å². The maximum absolute atomic E-state index is 13.7. The van der Waals surface area contributed by atoms with Crippen LogP contribution in [0.5, 0.6) is 0 Å². The van der Waals surface area contributed by atoms with Crippen LogP contribution in [0.15, 0.2) is 34.1 Å². The number of Topliss-reactive ketones (excluding diaryl/α,β-unsaturated/α-hetero) is 1. The highest BCUT2D eigenvalue weighted by Gasteiger charge is 2.46. The van der Waals surface area contributed by atoms with Gasteiger partial charge in [-0.2, -0.15) is 10.5 Å². The number of hydrogen-bond acceptors (Lipinski definition) is 7. The summed E-state index contributed by atoms with van der Waals surface area (Å²) in [6.07, 6.45) is 6.33. The number of allylic oxidation sites excluding steroid dienone is 3. The van der Waals surface area contributed by atoms with E-state index in [4.69, 9.17) is 5.73 Å². The molecule has 34 heavy (non-hydrogen) atoms. The minimum Gasteiger partial charge on any atom is -0.384 e. The van der Waals surface area contributed by atoms with Gasteiger partial charge in [0.2, 0.25) is 0 Å². The monoisotopic (exact) mass is 488 g/mol. The Bertz CT molecular complexity index is 1340. The number of rotatable bonds is 2. The van der Waals surface area contributed by atoms with Crippen LogP contribution in [0.4, 0.5) is 5.00 Å². The zero-order valence-electron chi connectivity index (χ0n) is 19.8. The van der Waals surface area contributed by atoms with Gasteiger partial charge < -0.3 is 5.73 Å². The molecular formula is C27H28N4OS2. The molecule has 2 aromatic rings. The molecule has 0 fully saturated rings. The number of fused-ring (bicyclic) bond motifs is 1. The maximum atomic E-state index is 13.7. The Morgan fingerprint density at radius 1 is 1.15 bits per heavy atom. The number of anilines is 1. The molecule has 0 amide bonds. The van der Waals surface area contributed by atoms with Crippen LogP contribution in [0.2, 0.25) is 0 Å². The number of carbonyl (C=O) groups excluding carboxylic acids is 1. The van der Waals surface area contributed by atoms with Gasteiger partial charge in [-0.25, -0.2) is 0 Å². The summed E-state index contributed by atoms with van der Waals surface area (Å²) >= 11 is 3.19. The molecule has 0 bridgehead atoms. The summed E-state index contributed by atoms with van der Waals surface area (Å²) in [7, 11) is 0. The van der Waals surface area contributed by atoms with Gasteiger partial charge in [0.15, 0.2) is 5.78 Å². The van der Waals surface area contributed by atoms with Gasteiger partial charge in [-0.15, -0.1) is 22.7 Å². The first-order valence-electron chi connectivity index (χ1n) is 11.8. The van der Waals surface area contributed by atoms with Crippen LogP contribution >= 0.6 is 22.7 Å². The van der Waals surface area contributed by atoms with E-state index < -0.39 is 5.92 Å². The van der Waals surface area contributed by atoms with Crippen LogP contribution in [0.25, 0.3) is 0 Å². The number of nitriles is 2. The summed E-state index contributed by atoms with van der Waals surface area (Å²) in [5.74, 6) is -0.00782. The van der Waals surface area contributed by atoms with Crippen molar-refractivity contribution in [2.45, 2.75) is 71.6 Å². The lowest BCUT2D eigenvalue weighted by molar-refractivity contribution is -0.118. The van der Waals surface area contributed by atoms with Gasteiger partial charge in [0.25, 0.3) is 0 Å². The topological polar surface area (TPSA) is 93.9 Å². The van der Waals surface area contributed by atoms with Crippen molar-refractivity contribution in [1.82, 2.24) is 0 Å². The molecule has 2 aromatic heterocycles. The molecule has 2 N–H and O–H groups in total. The zero-order valence-corrected chi connectivity index (χ0v) is 21.5. The summed E-state index contributed by atoms with van der Waals surface area (Å²) in [4.78, 5) is 17.8. The summed E-state index contributed by atoms with van der Waals surface area (Å²) < 4.78 is 0. The minimum atomic E-state index is -0.442. The molecule has 7 heteroatoms. The third kappa shape index (κ3) is 3.50. The van der Waals surface area contributed by atoms with Gasteiger partial charge in [0.1, 0.15) is 16.9 Å². The molecule has 3 aliphatic rings. The Morgan fingerprint density at radius 2 is 1.91 bits per heavy atom. The lowest BCUT2D eigenvalue weighted by Crippen LogP contribution is -2.42. The van der Waals surface area contributed by atoms with Crippen LogP contribution < -0.4 is 10.6 Å². The van der Waals surface area contributed by atoms with Gasteiger partial charge in [0.05, 0.1) is 23.1 Å². The Hall–Kier alpha value is -2.87. The fraction of sp³-hybridized carbons (Fsp3) is 0.444. The van der Waals surface area contributed by atoms with E-state index in [2.05, 4.69) is 26.0 Å². The van der Waals surface area contributed by atoms with E-state index in [0.29, 0.717) is 35.4 Å². The Kier molecular flexibility index (Phi) is 5.67. The highest BCUT2D eigenvalue weighted by Crippen LogP contribution is 2.53. The van der Waals surface area contributed by atoms with E-state index in [9.17, 15) is 15.3 Å². The second-order valence-corrected chi connectivity index (χ2v) is 12.3. The van der Waals surface area contributed by atoms with Gasteiger partial charge in [-0.1, -0.05) is 20.3 Å². The number of carbonyl (C=O) groups is 1. The number of nitrogens with two attached hydrogens (primary N) is 1. The fourth-order valence-corrected chi connectivity index (χ4v) is 8.11. The lowest BCUT2D eigenvalue weighted by Gasteiger charge is -2.43. The SMILES string of the molecule is Cc1ccsc1C1C(C#N)=C(N)N(c2sc3c(c2C#N)CCCCC3)C2=C1C(=O)CC(C)(C)C2. The molecule has 3 heterocycles. The van der Waals surface area contributed by atoms with Crippen molar-refractivity contribution in [1.29, 1.82) is 10.5 Å². The number of ketones is 1. The van der Waals surface area contributed by atoms with E-state index in [1.165, 1.54) is 11.3 Å². The minimum absolute atomic E-state index is 0.0749. The highest BCUT2D eigenvalue weighted by atomic mass is 32.1. The summed E-state index contributed by atoms with van der Waals surface area (Å²) in [6, 6.07) is 6.84. The molecule has 174 valence electrons. The average Bonchev–Trinajstić information content (AvgIpc) is 3.26. The predicted octanol–water partition coefficient (Wildman–Crippen LogP) is 6.20. The molecule has 1 atom stereocenters. The number of aryl methyl sites for hydroxylation is 2. The maximum Gasteiger partial charge on any atom is 0.162 e.